The summed E-state index contributed by atoms with van der Waals surface area (Å²) in [6.07, 6.45) is 0. The topological polar surface area (TPSA) is 52.0 Å². The van der Waals surface area contributed by atoms with Crippen LogP contribution in [0.5, 0.6) is 0 Å². The van der Waals surface area contributed by atoms with E-state index in [0.717, 1.165) is 11.3 Å². The summed E-state index contributed by atoms with van der Waals surface area (Å²) in [5.41, 5.74) is 9.74. The molecule has 0 aliphatic rings. The monoisotopic (exact) mass is 188 g/mol. The summed E-state index contributed by atoms with van der Waals surface area (Å²) in [6, 6.07) is 7.92. The fourth-order valence-corrected chi connectivity index (χ4v) is 1.52. The number of aryl methyl sites for hydroxylation is 2. The highest BCUT2D eigenvalue weighted by Crippen LogP contribution is 2.24. The van der Waals surface area contributed by atoms with Gasteiger partial charge in [-0.05, 0) is 19.4 Å². The fourth-order valence-electron chi connectivity index (χ4n) is 1.52. The molecular weight excluding hydrogens is 176 g/mol. The van der Waals surface area contributed by atoms with Crippen LogP contribution in [0.2, 0.25) is 0 Å². The first-order valence-corrected chi connectivity index (χ1v) is 4.46. The van der Waals surface area contributed by atoms with E-state index in [2.05, 4.69) is 18.1 Å². The SMILES string of the molecule is Cc1ccc(-c2cc(N)on2)c(C)c1. The van der Waals surface area contributed by atoms with Gasteiger partial charge in [0.15, 0.2) is 0 Å². The van der Waals surface area contributed by atoms with E-state index in [1.165, 1.54) is 11.1 Å². The molecule has 1 aromatic heterocycles. The Bertz CT molecular complexity index is 460. The highest BCUT2D eigenvalue weighted by Gasteiger charge is 2.06. The maximum Gasteiger partial charge on any atom is 0.222 e. The molecule has 1 heterocycles. The lowest BCUT2D eigenvalue weighted by Crippen LogP contribution is -1.84. The average Bonchev–Trinajstić information content (AvgIpc) is 2.51. The number of nitrogens with two attached hydrogens (primary N) is 1. The molecule has 0 atom stereocenters. The molecule has 0 spiro atoms. The fraction of sp³-hybridized carbons (Fsp3) is 0.182. The molecule has 3 heteroatoms. The van der Waals surface area contributed by atoms with Crippen LogP contribution in [0.4, 0.5) is 5.88 Å². The quantitative estimate of drug-likeness (QED) is 0.748. The normalized spacial score (nSPS) is 10.4. The zero-order valence-electron chi connectivity index (χ0n) is 8.24. The molecule has 0 saturated carbocycles. The van der Waals surface area contributed by atoms with Crippen LogP contribution in [0.25, 0.3) is 11.3 Å². The van der Waals surface area contributed by atoms with Crippen molar-refractivity contribution in [2.75, 3.05) is 5.73 Å². The van der Waals surface area contributed by atoms with Crippen LogP contribution >= 0.6 is 0 Å². The van der Waals surface area contributed by atoms with Gasteiger partial charge in [-0.3, -0.25) is 0 Å². The van der Waals surface area contributed by atoms with E-state index in [1.54, 1.807) is 6.07 Å². The molecule has 3 nitrogen and oxygen atoms in total. The zero-order valence-corrected chi connectivity index (χ0v) is 8.24. The van der Waals surface area contributed by atoms with Crippen molar-refractivity contribution in [3.8, 4) is 11.3 Å². The first-order chi connectivity index (χ1) is 6.66. The molecule has 0 aliphatic heterocycles. The molecule has 1 aromatic carbocycles. The van der Waals surface area contributed by atoms with Crippen LogP contribution in [-0.2, 0) is 0 Å². The van der Waals surface area contributed by atoms with Gasteiger partial charge >= 0.3 is 0 Å². The van der Waals surface area contributed by atoms with Gasteiger partial charge in [0.05, 0.1) is 0 Å². The van der Waals surface area contributed by atoms with Crippen LogP contribution in [0.15, 0.2) is 28.8 Å². The second-order valence-electron chi connectivity index (χ2n) is 3.43. The largest absolute Gasteiger partial charge is 0.368 e. The molecule has 0 aliphatic carbocycles. The van der Waals surface area contributed by atoms with Gasteiger partial charge in [0, 0.05) is 11.6 Å². The van der Waals surface area contributed by atoms with Gasteiger partial charge in [0.1, 0.15) is 5.69 Å². The van der Waals surface area contributed by atoms with Gasteiger partial charge in [0.2, 0.25) is 5.88 Å². The van der Waals surface area contributed by atoms with Crippen LogP contribution in [0.3, 0.4) is 0 Å². The van der Waals surface area contributed by atoms with E-state index >= 15 is 0 Å². The number of anilines is 1. The van der Waals surface area contributed by atoms with Gasteiger partial charge in [-0.25, -0.2) is 0 Å². The van der Waals surface area contributed by atoms with Crippen LogP contribution in [0.1, 0.15) is 11.1 Å². The minimum absolute atomic E-state index is 0.347. The molecule has 2 aromatic rings. The molecule has 0 unspecified atom stereocenters. The van der Waals surface area contributed by atoms with Crippen LogP contribution in [0, 0.1) is 13.8 Å². The lowest BCUT2D eigenvalue weighted by Gasteiger charge is -2.02. The average molecular weight is 188 g/mol. The van der Waals surface area contributed by atoms with Gasteiger partial charge in [-0.15, -0.1) is 0 Å². The predicted octanol–water partition coefficient (Wildman–Crippen LogP) is 2.54. The maximum atomic E-state index is 5.47. The molecule has 72 valence electrons. The number of hydrogen-bond donors (Lipinski definition) is 1. The minimum Gasteiger partial charge on any atom is -0.368 e. The van der Waals surface area contributed by atoms with E-state index in [1.807, 2.05) is 19.1 Å². The van der Waals surface area contributed by atoms with Gasteiger partial charge in [-0.2, -0.15) is 0 Å². The Hall–Kier alpha value is -1.77. The zero-order chi connectivity index (χ0) is 10.1. The molecular formula is C11H12N2O. The maximum absolute atomic E-state index is 5.47. The highest BCUT2D eigenvalue weighted by molar-refractivity contribution is 5.65. The third-order valence-corrected chi connectivity index (χ3v) is 2.19. The number of aromatic nitrogens is 1. The van der Waals surface area contributed by atoms with E-state index < -0.39 is 0 Å². The Morgan fingerprint density at radius 1 is 1.21 bits per heavy atom. The Kier molecular flexibility index (Phi) is 2.00. The smallest absolute Gasteiger partial charge is 0.222 e. The number of nitrogens with zero attached hydrogens (tertiary/aromatic N) is 1. The first kappa shape index (κ1) is 8.81. The molecule has 14 heavy (non-hydrogen) atoms. The molecule has 2 rings (SSSR count). The lowest BCUT2D eigenvalue weighted by molar-refractivity contribution is 0.439. The Labute approximate surface area is 82.5 Å². The Morgan fingerprint density at radius 2 is 2.00 bits per heavy atom. The Balaban J connectivity index is 2.52. The van der Waals surface area contributed by atoms with E-state index in [0.29, 0.717) is 5.88 Å². The summed E-state index contributed by atoms with van der Waals surface area (Å²) in [5, 5.41) is 3.88. The highest BCUT2D eigenvalue weighted by atomic mass is 16.5. The molecule has 0 amide bonds. The number of nitrogen functional groups attached to an aromatic ring is 1. The van der Waals surface area contributed by atoms with E-state index in [4.69, 9.17) is 10.3 Å². The summed E-state index contributed by atoms with van der Waals surface area (Å²) in [6.45, 7) is 4.11. The lowest BCUT2D eigenvalue weighted by atomic mass is 10.0. The summed E-state index contributed by atoms with van der Waals surface area (Å²) in [4.78, 5) is 0. The second-order valence-corrected chi connectivity index (χ2v) is 3.43. The Morgan fingerprint density at radius 3 is 2.57 bits per heavy atom. The third kappa shape index (κ3) is 1.48. The van der Waals surface area contributed by atoms with Crippen molar-refractivity contribution >= 4 is 5.88 Å². The summed E-state index contributed by atoms with van der Waals surface area (Å²) >= 11 is 0. The molecule has 0 fully saturated rings. The second kappa shape index (κ2) is 3.18. The van der Waals surface area contributed by atoms with Gasteiger partial charge in [0.25, 0.3) is 0 Å². The summed E-state index contributed by atoms with van der Waals surface area (Å²) in [7, 11) is 0. The van der Waals surface area contributed by atoms with Gasteiger partial charge < -0.3 is 10.3 Å². The molecule has 0 radical (unpaired) electrons. The molecule has 0 bridgehead atoms. The molecule has 2 N–H and O–H groups in total. The third-order valence-electron chi connectivity index (χ3n) is 2.19. The summed E-state index contributed by atoms with van der Waals surface area (Å²) < 4.78 is 4.83. The van der Waals surface area contributed by atoms with Crippen molar-refractivity contribution in [1.82, 2.24) is 5.16 Å². The van der Waals surface area contributed by atoms with Crippen molar-refractivity contribution in [3.05, 3.63) is 35.4 Å². The van der Waals surface area contributed by atoms with Crippen molar-refractivity contribution in [1.29, 1.82) is 0 Å². The standard InChI is InChI=1S/C11H12N2O/c1-7-3-4-9(8(2)5-7)10-6-11(12)14-13-10/h3-6H,12H2,1-2H3. The van der Waals surface area contributed by atoms with Crippen molar-refractivity contribution in [2.24, 2.45) is 0 Å². The van der Waals surface area contributed by atoms with Crippen LogP contribution < -0.4 is 5.73 Å². The summed E-state index contributed by atoms with van der Waals surface area (Å²) in [5.74, 6) is 0.347. The first-order valence-electron chi connectivity index (χ1n) is 4.46. The number of hydrogen-bond acceptors (Lipinski definition) is 3. The van der Waals surface area contributed by atoms with Gasteiger partial charge in [-0.1, -0.05) is 28.9 Å². The predicted molar refractivity (Wildman–Crippen MR) is 55.8 cm³/mol. The van der Waals surface area contributed by atoms with Crippen molar-refractivity contribution < 1.29 is 4.52 Å². The van der Waals surface area contributed by atoms with E-state index in [-0.39, 0.29) is 0 Å². The van der Waals surface area contributed by atoms with Crippen LogP contribution in [-0.4, -0.2) is 5.16 Å². The number of rotatable bonds is 1. The number of benzene rings is 1. The van der Waals surface area contributed by atoms with Crippen molar-refractivity contribution in [3.63, 3.8) is 0 Å². The van der Waals surface area contributed by atoms with E-state index in [9.17, 15) is 0 Å². The minimum atomic E-state index is 0.347. The molecule has 0 saturated heterocycles. The van der Waals surface area contributed by atoms with Crippen molar-refractivity contribution in [2.45, 2.75) is 13.8 Å².